The van der Waals surface area contributed by atoms with Crippen LogP contribution in [0.15, 0.2) is 42.5 Å². The van der Waals surface area contributed by atoms with Gasteiger partial charge in [0.25, 0.3) is 0 Å². The molecule has 8 heteroatoms. The van der Waals surface area contributed by atoms with Crippen LogP contribution in [0.1, 0.15) is 57.7 Å². The molecule has 206 valence electrons. The summed E-state index contributed by atoms with van der Waals surface area (Å²) in [5.41, 5.74) is 2.69. The average Bonchev–Trinajstić information content (AvgIpc) is 2.81. The minimum Gasteiger partial charge on any atom is -0.508 e. The Bertz CT molecular complexity index is 1080. The van der Waals surface area contributed by atoms with Crippen LogP contribution in [0.3, 0.4) is 0 Å². The number of nitrogens with zero attached hydrogens (tertiary/aromatic N) is 1. The fourth-order valence-corrected chi connectivity index (χ4v) is 5.65. The van der Waals surface area contributed by atoms with Gasteiger partial charge < -0.3 is 20.4 Å². The monoisotopic (exact) mass is 551 g/mol. The first-order valence-electron chi connectivity index (χ1n) is 12.9. The average molecular weight is 553 g/mol. The lowest BCUT2D eigenvalue weighted by molar-refractivity contribution is -0.128. The Morgan fingerprint density at radius 1 is 1.11 bits per heavy atom. The highest BCUT2D eigenvalue weighted by atomic mass is 35.5. The van der Waals surface area contributed by atoms with Crippen LogP contribution in [0.2, 0.25) is 0 Å². The van der Waals surface area contributed by atoms with E-state index in [9.17, 15) is 15.0 Å². The fraction of sp³-hybridized carbons (Fsp3) is 0.552. The highest BCUT2D eigenvalue weighted by Crippen LogP contribution is 2.40. The van der Waals surface area contributed by atoms with Crippen LogP contribution in [0.5, 0.6) is 11.5 Å². The minimum absolute atomic E-state index is 0. The van der Waals surface area contributed by atoms with Crippen molar-refractivity contribution in [1.82, 2.24) is 15.5 Å². The van der Waals surface area contributed by atoms with Gasteiger partial charge in [-0.15, -0.1) is 24.8 Å². The number of hydrogen-bond donors (Lipinski definition) is 4. The molecule has 1 fully saturated rings. The molecule has 0 saturated carbocycles. The summed E-state index contributed by atoms with van der Waals surface area (Å²) in [7, 11) is 0. The molecule has 2 aromatic rings. The van der Waals surface area contributed by atoms with Crippen molar-refractivity contribution in [2.75, 3.05) is 19.6 Å². The second-order valence-electron chi connectivity index (χ2n) is 11.5. The number of phenolic OH excluding ortho intramolecular Hbond substituents is 2. The van der Waals surface area contributed by atoms with Gasteiger partial charge in [0.15, 0.2) is 0 Å². The summed E-state index contributed by atoms with van der Waals surface area (Å²) in [5, 5.41) is 26.5. The number of rotatable bonds is 6. The van der Waals surface area contributed by atoms with Crippen LogP contribution in [0, 0.1) is 11.8 Å². The molecule has 0 bridgehead atoms. The molecule has 1 saturated heterocycles. The Morgan fingerprint density at radius 3 is 2.46 bits per heavy atom. The van der Waals surface area contributed by atoms with Crippen LogP contribution >= 0.6 is 24.8 Å². The summed E-state index contributed by atoms with van der Waals surface area (Å²) in [6, 6.07) is 13.1. The predicted molar refractivity (Wildman–Crippen MR) is 154 cm³/mol. The van der Waals surface area contributed by atoms with E-state index in [1.54, 1.807) is 18.2 Å². The van der Waals surface area contributed by atoms with E-state index in [2.05, 4.69) is 49.3 Å². The summed E-state index contributed by atoms with van der Waals surface area (Å²) < 4.78 is 0. The largest absolute Gasteiger partial charge is 0.508 e. The Kier molecular flexibility index (Phi) is 10.3. The molecule has 2 aliphatic heterocycles. The predicted octanol–water partition coefficient (Wildman–Crippen LogP) is 4.79. The van der Waals surface area contributed by atoms with Crippen molar-refractivity contribution in [3.63, 3.8) is 0 Å². The van der Waals surface area contributed by atoms with Crippen LogP contribution in [0.25, 0.3) is 0 Å². The number of carbonyl (C=O) groups is 1. The van der Waals surface area contributed by atoms with E-state index in [0.29, 0.717) is 30.6 Å². The molecule has 2 heterocycles. The Balaban J connectivity index is 0.00000241. The smallest absolute Gasteiger partial charge is 0.240 e. The molecule has 37 heavy (non-hydrogen) atoms. The molecule has 4 rings (SSSR count). The SMILES string of the molecule is CC(C)[C@@H](CN1CC[C@@](C)(c2cccc(O)c2)[C@@H](C)C1)NC(=O)[C@@]1(C)Cc2ccc(O)cc2CN1.Cl.Cl. The lowest BCUT2D eigenvalue weighted by Gasteiger charge is -2.46. The van der Waals surface area contributed by atoms with Crippen molar-refractivity contribution in [3.05, 3.63) is 59.2 Å². The topological polar surface area (TPSA) is 84.8 Å². The van der Waals surface area contributed by atoms with E-state index in [1.807, 2.05) is 25.1 Å². The number of nitrogens with one attached hydrogen (secondary N) is 2. The maximum atomic E-state index is 13.5. The third kappa shape index (κ3) is 6.72. The lowest BCUT2D eigenvalue weighted by atomic mass is 9.68. The first-order chi connectivity index (χ1) is 16.5. The third-order valence-electron chi connectivity index (χ3n) is 8.55. The zero-order valence-corrected chi connectivity index (χ0v) is 24.2. The maximum Gasteiger partial charge on any atom is 0.240 e. The van der Waals surface area contributed by atoms with E-state index >= 15 is 0 Å². The number of piperidine rings is 1. The van der Waals surface area contributed by atoms with E-state index < -0.39 is 5.54 Å². The first-order valence-corrected chi connectivity index (χ1v) is 12.9. The summed E-state index contributed by atoms with van der Waals surface area (Å²) in [6.07, 6.45) is 1.61. The van der Waals surface area contributed by atoms with Crippen molar-refractivity contribution >= 4 is 30.7 Å². The normalized spacial score (nSPS) is 26.4. The van der Waals surface area contributed by atoms with Gasteiger partial charge >= 0.3 is 0 Å². The van der Waals surface area contributed by atoms with Gasteiger partial charge in [0.2, 0.25) is 5.91 Å². The van der Waals surface area contributed by atoms with E-state index in [1.165, 1.54) is 5.56 Å². The second kappa shape index (κ2) is 12.2. The summed E-state index contributed by atoms with van der Waals surface area (Å²) in [4.78, 5) is 16.0. The number of halogens is 2. The number of phenols is 2. The molecule has 2 aromatic carbocycles. The Morgan fingerprint density at radius 2 is 1.81 bits per heavy atom. The standard InChI is InChI=1S/C29H41N3O3.2ClH/c1-19(2)26(31-27(35)29(5)15-21-9-10-25(34)13-22(21)16-30-29)18-32-12-11-28(4,20(3)17-32)23-7-6-8-24(33)14-23;;/h6-10,13-14,19-20,26,30,33-34H,11-12,15-18H2,1-5H3,(H,31,35);2*1H/t20-,26+,28+,29+;;/m0../s1. The van der Waals surface area contributed by atoms with Gasteiger partial charge in [-0.25, -0.2) is 0 Å². The zero-order chi connectivity index (χ0) is 25.4. The van der Waals surface area contributed by atoms with Crippen LogP contribution in [-0.2, 0) is 23.2 Å². The summed E-state index contributed by atoms with van der Waals surface area (Å²) in [5.74, 6) is 1.35. The first kappa shape index (κ1) is 31.2. The molecular weight excluding hydrogens is 509 g/mol. The number of fused-ring (bicyclic) bond motifs is 1. The van der Waals surface area contributed by atoms with Gasteiger partial charge in [-0.1, -0.05) is 45.9 Å². The summed E-state index contributed by atoms with van der Waals surface area (Å²) in [6.45, 7) is 14.2. The van der Waals surface area contributed by atoms with Gasteiger partial charge in [0.05, 0.1) is 5.54 Å². The molecular formula is C29H43Cl2N3O3. The molecule has 0 aliphatic carbocycles. The quantitative estimate of drug-likeness (QED) is 0.415. The number of hydrogen-bond acceptors (Lipinski definition) is 5. The lowest BCUT2D eigenvalue weighted by Crippen LogP contribution is -2.61. The van der Waals surface area contributed by atoms with Crippen molar-refractivity contribution in [3.8, 4) is 11.5 Å². The van der Waals surface area contributed by atoms with Gasteiger partial charge in [-0.05, 0) is 84.5 Å². The maximum absolute atomic E-state index is 13.5. The van der Waals surface area contributed by atoms with Gasteiger partial charge in [0.1, 0.15) is 11.5 Å². The van der Waals surface area contributed by atoms with Gasteiger partial charge in [0, 0.05) is 25.7 Å². The number of carbonyl (C=O) groups excluding carboxylic acids is 1. The molecule has 0 spiro atoms. The van der Waals surface area contributed by atoms with Crippen molar-refractivity contribution < 1.29 is 15.0 Å². The van der Waals surface area contributed by atoms with Crippen molar-refractivity contribution in [2.24, 2.45) is 11.8 Å². The molecule has 4 N–H and O–H groups in total. The van der Waals surface area contributed by atoms with Crippen LogP contribution < -0.4 is 10.6 Å². The Labute approximate surface area is 234 Å². The third-order valence-corrected chi connectivity index (χ3v) is 8.55. The van der Waals surface area contributed by atoms with E-state index in [-0.39, 0.29) is 47.9 Å². The van der Waals surface area contributed by atoms with E-state index in [4.69, 9.17) is 0 Å². The highest BCUT2D eigenvalue weighted by Gasteiger charge is 2.40. The molecule has 1 amide bonds. The molecule has 0 unspecified atom stereocenters. The second-order valence-corrected chi connectivity index (χ2v) is 11.5. The van der Waals surface area contributed by atoms with Crippen LogP contribution in [0.4, 0.5) is 0 Å². The fourth-order valence-electron chi connectivity index (χ4n) is 5.65. The number of benzene rings is 2. The van der Waals surface area contributed by atoms with Crippen molar-refractivity contribution in [1.29, 1.82) is 0 Å². The zero-order valence-electron chi connectivity index (χ0n) is 22.6. The molecule has 2 aliphatic rings. The minimum atomic E-state index is -0.680. The number of aromatic hydroxyl groups is 2. The van der Waals surface area contributed by atoms with E-state index in [0.717, 1.165) is 37.2 Å². The number of likely N-dealkylation sites (tertiary alicyclic amines) is 1. The summed E-state index contributed by atoms with van der Waals surface area (Å²) >= 11 is 0. The van der Waals surface area contributed by atoms with Crippen LogP contribution in [-0.4, -0.2) is 52.2 Å². The highest BCUT2D eigenvalue weighted by molar-refractivity contribution is 5.87. The van der Waals surface area contributed by atoms with Gasteiger partial charge in [-0.2, -0.15) is 0 Å². The molecule has 4 atom stereocenters. The van der Waals surface area contributed by atoms with Gasteiger partial charge in [-0.3, -0.25) is 10.1 Å². The molecule has 0 aromatic heterocycles. The Hall–Kier alpha value is -1.99. The molecule has 0 radical (unpaired) electrons. The number of amides is 1. The molecule has 6 nitrogen and oxygen atoms in total. The van der Waals surface area contributed by atoms with Crippen molar-refractivity contribution in [2.45, 2.75) is 71.0 Å².